The number of ether oxygens (including phenoxy) is 1. The number of nitrogens with zero attached hydrogens (tertiary/aromatic N) is 2. The zero-order valence-corrected chi connectivity index (χ0v) is 16.3. The molecule has 0 aromatic heterocycles. The van der Waals surface area contributed by atoms with Crippen molar-refractivity contribution < 1.29 is 18.7 Å². The molecule has 1 atom stereocenters. The molecule has 0 N–H and O–H groups in total. The first-order chi connectivity index (χ1) is 13.5. The van der Waals surface area contributed by atoms with Crippen LogP contribution in [0, 0.1) is 5.82 Å². The molecule has 1 aliphatic rings. The van der Waals surface area contributed by atoms with Crippen molar-refractivity contribution in [2.45, 2.75) is 19.1 Å². The Bertz CT molecular complexity index is 926. The van der Waals surface area contributed by atoms with Crippen LogP contribution in [0.15, 0.2) is 65.3 Å². The minimum atomic E-state index is -0.550. The molecule has 0 saturated heterocycles. The average Bonchev–Trinajstić information content (AvgIpc) is 2.98. The second-order valence-corrected chi connectivity index (χ2v) is 7.27. The van der Waals surface area contributed by atoms with Gasteiger partial charge in [-0.3, -0.25) is 14.5 Å². The van der Waals surface area contributed by atoms with Crippen molar-refractivity contribution in [3.63, 3.8) is 0 Å². The molecular weight excluding hydrogens is 379 g/mol. The molecule has 5 nitrogen and oxygen atoms in total. The molecule has 1 heterocycles. The summed E-state index contributed by atoms with van der Waals surface area (Å²) in [5, 5.41) is -0.204. The summed E-state index contributed by atoms with van der Waals surface area (Å²) >= 11 is 1.13. The maximum Gasteiger partial charge on any atom is 0.319 e. The lowest BCUT2D eigenvalue weighted by molar-refractivity contribution is -0.142. The van der Waals surface area contributed by atoms with E-state index in [0.717, 1.165) is 17.3 Å². The van der Waals surface area contributed by atoms with Crippen molar-refractivity contribution in [2.75, 3.05) is 11.5 Å². The molecule has 3 rings (SSSR count). The fraction of sp³-hybridized carbons (Fsp3) is 0.190. The number of thioether (sulfide) groups is 1. The summed E-state index contributed by atoms with van der Waals surface area (Å²) in [6.45, 7) is 3.70. The van der Waals surface area contributed by atoms with Crippen molar-refractivity contribution >= 4 is 40.6 Å². The zero-order valence-electron chi connectivity index (χ0n) is 15.5. The summed E-state index contributed by atoms with van der Waals surface area (Å²) < 4.78 is 18.4. The van der Waals surface area contributed by atoms with E-state index in [0.29, 0.717) is 10.9 Å². The highest BCUT2D eigenvalue weighted by Gasteiger charge is 2.34. The largest absolute Gasteiger partial charge is 0.465 e. The molecule has 0 bridgehead atoms. The Labute approximate surface area is 166 Å². The van der Waals surface area contributed by atoms with E-state index in [1.165, 1.54) is 29.2 Å². The molecule has 1 aliphatic heterocycles. The number of hydrogen-bond acceptors (Lipinski definition) is 5. The van der Waals surface area contributed by atoms with Gasteiger partial charge in [0.05, 0.1) is 12.3 Å². The molecule has 7 heteroatoms. The number of amides is 1. The normalized spacial score (nSPS) is 16.2. The van der Waals surface area contributed by atoms with Gasteiger partial charge >= 0.3 is 5.97 Å². The number of halogens is 1. The molecule has 0 aliphatic carbocycles. The number of benzene rings is 2. The molecule has 0 fully saturated rings. The van der Waals surface area contributed by atoms with Crippen LogP contribution in [0.2, 0.25) is 0 Å². The molecule has 1 unspecified atom stereocenters. The van der Waals surface area contributed by atoms with Gasteiger partial charge in [-0.15, -0.1) is 0 Å². The number of esters is 1. The third-order valence-corrected chi connectivity index (χ3v) is 4.95. The number of rotatable bonds is 5. The smallest absolute Gasteiger partial charge is 0.319 e. The van der Waals surface area contributed by atoms with Crippen molar-refractivity contribution in [1.29, 1.82) is 0 Å². The highest BCUT2D eigenvalue weighted by molar-refractivity contribution is 8.15. The van der Waals surface area contributed by atoms with E-state index in [9.17, 15) is 14.0 Å². The van der Waals surface area contributed by atoms with Gasteiger partial charge in [0.25, 0.3) is 5.91 Å². The van der Waals surface area contributed by atoms with Crippen LogP contribution in [0.25, 0.3) is 6.08 Å². The Balaban J connectivity index is 1.95. The minimum Gasteiger partial charge on any atom is -0.465 e. The lowest BCUT2D eigenvalue weighted by atomic mass is 10.2. The molecule has 1 amide bonds. The van der Waals surface area contributed by atoms with Gasteiger partial charge in [-0.25, -0.2) is 9.38 Å². The van der Waals surface area contributed by atoms with Crippen LogP contribution < -0.4 is 4.90 Å². The second kappa shape index (κ2) is 8.84. The third-order valence-electron chi connectivity index (χ3n) is 3.92. The number of anilines is 1. The molecule has 2 aromatic carbocycles. The maximum absolute atomic E-state index is 13.3. The molecule has 2 aromatic rings. The Morgan fingerprint density at radius 3 is 2.54 bits per heavy atom. The number of aliphatic imine (C=N–C) groups is 1. The Morgan fingerprint density at radius 1 is 1.21 bits per heavy atom. The van der Waals surface area contributed by atoms with Gasteiger partial charge in [0.15, 0.2) is 5.17 Å². The number of carbonyl (C=O) groups is 2. The maximum atomic E-state index is 13.3. The lowest BCUT2D eigenvalue weighted by Crippen LogP contribution is -2.32. The quantitative estimate of drug-likeness (QED) is 0.558. The third kappa shape index (κ3) is 4.48. The monoisotopic (exact) mass is 398 g/mol. The summed E-state index contributed by atoms with van der Waals surface area (Å²) in [6.07, 6.45) is 1.68. The van der Waals surface area contributed by atoms with Crippen LogP contribution >= 0.6 is 11.8 Å². The zero-order chi connectivity index (χ0) is 20.1. The fourth-order valence-electron chi connectivity index (χ4n) is 2.57. The predicted octanol–water partition coefficient (Wildman–Crippen LogP) is 4.25. The van der Waals surface area contributed by atoms with Crippen LogP contribution in [0.1, 0.15) is 19.4 Å². The number of hydrogen-bond donors (Lipinski definition) is 0. The fourth-order valence-corrected chi connectivity index (χ4v) is 3.49. The van der Waals surface area contributed by atoms with Crippen LogP contribution in [0.4, 0.5) is 10.1 Å². The van der Waals surface area contributed by atoms with Crippen LogP contribution in [-0.4, -0.2) is 28.9 Å². The van der Waals surface area contributed by atoms with E-state index in [4.69, 9.17) is 4.74 Å². The van der Waals surface area contributed by atoms with Gasteiger partial charge in [0.2, 0.25) is 0 Å². The summed E-state index contributed by atoms with van der Waals surface area (Å²) in [7, 11) is 0. The van der Waals surface area contributed by atoms with E-state index >= 15 is 0 Å². The van der Waals surface area contributed by atoms with Crippen molar-refractivity contribution in [2.24, 2.45) is 4.99 Å². The molecule has 0 spiro atoms. The first kappa shape index (κ1) is 19.8. The van der Waals surface area contributed by atoms with Gasteiger partial charge in [0, 0.05) is 0 Å². The van der Waals surface area contributed by atoms with E-state index in [-0.39, 0.29) is 24.2 Å². The Kier molecular flexibility index (Phi) is 6.26. The molecular formula is C21H19FN2O3S. The first-order valence-corrected chi connectivity index (χ1v) is 9.66. The van der Waals surface area contributed by atoms with E-state index in [1.807, 2.05) is 30.3 Å². The van der Waals surface area contributed by atoms with Crippen molar-refractivity contribution in [1.82, 2.24) is 0 Å². The molecule has 144 valence electrons. The summed E-state index contributed by atoms with van der Waals surface area (Å²) in [4.78, 5) is 30.8. The number of carbonyl (C=O) groups excluding carboxylic acids is 2. The van der Waals surface area contributed by atoms with Crippen LogP contribution in [0.3, 0.4) is 0 Å². The Hall–Kier alpha value is -2.93. The summed E-state index contributed by atoms with van der Waals surface area (Å²) in [6, 6.07) is 14.9. The van der Waals surface area contributed by atoms with Crippen molar-refractivity contribution in [3.05, 3.63) is 71.7 Å². The first-order valence-electron chi connectivity index (χ1n) is 8.78. The van der Waals surface area contributed by atoms with Gasteiger partial charge in [0.1, 0.15) is 16.8 Å². The van der Waals surface area contributed by atoms with Crippen LogP contribution in [0.5, 0.6) is 0 Å². The topological polar surface area (TPSA) is 59.0 Å². The van der Waals surface area contributed by atoms with Gasteiger partial charge in [-0.2, -0.15) is 0 Å². The minimum absolute atomic E-state index is 0.245. The summed E-state index contributed by atoms with van der Waals surface area (Å²) in [5.74, 6) is -1.13. The average molecular weight is 398 g/mol. The van der Waals surface area contributed by atoms with Gasteiger partial charge in [-0.1, -0.05) is 42.1 Å². The van der Waals surface area contributed by atoms with Gasteiger partial charge < -0.3 is 4.74 Å². The predicted molar refractivity (Wildman–Crippen MR) is 109 cm³/mol. The Morgan fingerprint density at radius 2 is 1.89 bits per heavy atom. The lowest BCUT2D eigenvalue weighted by Gasteiger charge is -2.19. The molecule has 28 heavy (non-hydrogen) atoms. The molecule has 0 saturated carbocycles. The second-order valence-electron chi connectivity index (χ2n) is 5.96. The highest BCUT2D eigenvalue weighted by Crippen LogP contribution is 2.31. The molecule has 0 radical (unpaired) electrons. The SMILES string of the molecule is CCOC(=O)C(C)SC1=N/C(=C/c2ccccc2)C(=O)N1c1ccc(F)cc1. The standard InChI is InChI=1S/C21H19FN2O3S/c1-3-27-20(26)14(2)28-21-23-18(13-15-7-5-4-6-8-15)19(25)24(21)17-11-9-16(22)10-12-17/h4-14H,3H2,1-2H3/b18-13+. The summed E-state index contributed by atoms with van der Waals surface area (Å²) in [5.41, 5.74) is 1.55. The van der Waals surface area contributed by atoms with E-state index in [2.05, 4.69) is 4.99 Å². The highest BCUT2D eigenvalue weighted by atomic mass is 32.2. The van der Waals surface area contributed by atoms with Crippen molar-refractivity contribution in [3.8, 4) is 0 Å². The number of amidine groups is 1. The van der Waals surface area contributed by atoms with E-state index in [1.54, 1.807) is 19.9 Å². The van der Waals surface area contributed by atoms with Gasteiger partial charge in [-0.05, 0) is 49.8 Å². The van der Waals surface area contributed by atoms with E-state index < -0.39 is 11.1 Å². The van der Waals surface area contributed by atoms with Crippen LogP contribution in [-0.2, 0) is 14.3 Å².